The number of likely N-dealkylation sites (N-methyl/N-ethyl adjacent to an activating group) is 1. The summed E-state index contributed by atoms with van der Waals surface area (Å²) in [5.74, 6) is 2.83. The third kappa shape index (κ3) is 8.52. The molecule has 166 valence electrons. The molecule has 0 spiro atoms. The number of ether oxygens (including phenoxy) is 2. The lowest BCUT2D eigenvalue weighted by atomic mass is 10.1. The average molecular weight is 530 g/mol. The van der Waals surface area contributed by atoms with Crippen LogP contribution in [0.15, 0.2) is 46.0 Å². The summed E-state index contributed by atoms with van der Waals surface area (Å²) in [7, 11) is 6.67. The van der Waals surface area contributed by atoms with Crippen LogP contribution in [0.25, 0.3) is 0 Å². The van der Waals surface area contributed by atoms with Crippen molar-refractivity contribution in [2.75, 3.05) is 47.9 Å². The third-order valence-corrected chi connectivity index (χ3v) is 4.27. The van der Waals surface area contributed by atoms with Gasteiger partial charge in [-0.1, -0.05) is 6.07 Å². The summed E-state index contributed by atoms with van der Waals surface area (Å²) in [6, 6.07) is 9.64. The highest BCUT2D eigenvalue weighted by molar-refractivity contribution is 14.0. The molecule has 0 fully saturated rings. The van der Waals surface area contributed by atoms with Crippen LogP contribution in [-0.2, 0) is 17.6 Å². The van der Waals surface area contributed by atoms with Gasteiger partial charge in [-0.15, -0.1) is 24.0 Å². The van der Waals surface area contributed by atoms with Gasteiger partial charge in [-0.05, 0) is 36.2 Å². The number of rotatable bonds is 10. The number of hydrogen-bond donors (Lipinski definition) is 2. The van der Waals surface area contributed by atoms with Crippen LogP contribution in [0.4, 0.5) is 0 Å². The summed E-state index contributed by atoms with van der Waals surface area (Å²) < 4.78 is 16.0. The number of benzene rings is 1. The molecule has 1 aromatic heterocycles. The van der Waals surface area contributed by atoms with Crippen LogP contribution < -0.4 is 20.1 Å². The van der Waals surface area contributed by atoms with Crippen LogP contribution in [0.5, 0.6) is 11.5 Å². The van der Waals surface area contributed by atoms with Crippen LogP contribution in [0.3, 0.4) is 0 Å². The smallest absolute Gasteiger partial charge is 0.243 e. The molecule has 0 unspecified atom stereocenters. The molecule has 0 saturated heterocycles. The van der Waals surface area contributed by atoms with E-state index in [1.54, 1.807) is 34.6 Å². The zero-order valence-electron chi connectivity index (χ0n) is 17.9. The first-order chi connectivity index (χ1) is 14.0. The van der Waals surface area contributed by atoms with Crippen molar-refractivity contribution in [2.45, 2.75) is 12.8 Å². The summed E-state index contributed by atoms with van der Waals surface area (Å²) in [5, 5.41) is 6.52. The van der Waals surface area contributed by atoms with E-state index in [0.717, 1.165) is 24.2 Å². The normalized spacial score (nSPS) is 10.7. The maximum Gasteiger partial charge on any atom is 0.243 e. The van der Waals surface area contributed by atoms with Gasteiger partial charge in [0.1, 0.15) is 12.3 Å². The summed E-state index contributed by atoms with van der Waals surface area (Å²) in [6.45, 7) is 1.38. The van der Waals surface area contributed by atoms with E-state index in [9.17, 15) is 4.79 Å². The molecule has 0 radical (unpaired) electrons. The zero-order valence-corrected chi connectivity index (χ0v) is 20.3. The molecule has 0 aliphatic heterocycles. The van der Waals surface area contributed by atoms with Crippen molar-refractivity contribution in [1.29, 1.82) is 0 Å². The fourth-order valence-electron chi connectivity index (χ4n) is 2.58. The monoisotopic (exact) mass is 530 g/mol. The molecule has 0 saturated carbocycles. The van der Waals surface area contributed by atoms with Crippen LogP contribution in [-0.4, -0.2) is 64.7 Å². The van der Waals surface area contributed by atoms with Gasteiger partial charge in [0.15, 0.2) is 17.5 Å². The molecule has 0 atom stereocenters. The highest BCUT2D eigenvalue weighted by atomic mass is 127. The van der Waals surface area contributed by atoms with E-state index in [2.05, 4.69) is 15.6 Å². The number of hydrogen-bond acceptors (Lipinski definition) is 5. The predicted octanol–water partition coefficient (Wildman–Crippen LogP) is 2.32. The van der Waals surface area contributed by atoms with Gasteiger partial charge < -0.3 is 29.4 Å². The minimum atomic E-state index is -0.0583. The standard InChI is InChI=1S/C21H30N4O4.HI/c1-25(2)20(26)15-24-21(23-12-10-17-6-5-13-29-17)22-11-9-16-7-8-18(27-3)19(14-16)28-4;/h5-8,13-14H,9-12,15H2,1-4H3,(H2,22,23,24);1H. The molecule has 0 aliphatic carbocycles. The fourth-order valence-corrected chi connectivity index (χ4v) is 2.58. The molecule has 2 N–H and O–H groups in total. The topological polar surface area (TPSA) is 88.3 Å². The van der Waals surface area contributed by atoms with E-state index in [-0.39, 0.29) is 36.4 Å². The Morgan fingerprint density at radius 1 is 1.07 bits per heavy atom. The largest absolute Gasteiger partial charge is 0.493 e. The quantitative estimate of drug-likeness (QED) is 0.279. The minimum absolute atomic E-state index is 0. The Hall–Kier alpha value is -2.43. The van der Waals surface area contributed by atoms with E-state index in [1.807, 2.05) is 30.3 Å². The van der Waals surface area contributed by atoms with Crippen molar-refractivity contribution in [3.8, 4) is 11.5 Å². The number of methoxy groups -OCH3 is 2. The Morgan fingerprint density at radius 2 is 1.77 bits per heavy atom. The van der Waals surface area contributed by atoms with Crippen LogP contribution >= 0.6 is 24.0 Å². The number of nitrogens with zero attached hydrogens (tertiary/aromatic N) is 2. The van der Waals surface area contributed by atoms with E-state index in [4.69, 9.17) is 13.9 Å². The SMILES string of the molecule is COc1ccc(CCNC(=NCC(=O)N(C)C)NCCc2ccco2)cc1OC.I. The van der Waals surface area contributed by atoms with Crippen molar-refractivity contribution in [3.05, 3.63) is 47.9 Å². The Labute approximate surface area is 195 Å². The van der Waals surface area contributed by atoms with Gasteiger partial charge >= 0.3 is 0 Å². The van der Waals surface area contributed by atoms with Crippen molar-refractivity contribution in [1.82, 2.24) is 15.5 Å². The first kappa shape index (κ1) is 25.6. The lowest BCUT2D eigenvalue weighted by molar-refractivity contribution is -0.127. The van der Waals surface area contributed by atoms with Crippen molar-refractivity contribution in [3.63, 3.8) is 0 Å². The number of carbonyl (C=O) groups is 1. The number of carbonyl (C=O) groups excluding carboxylic acids is 1. The second kappa shape index (κ2) is 13.7. The Morgan fingerprint density at radius 3 is 2.37 bits per heavy atom. The number of nitrogens with one attached hydrogen (secondary N) is 2. The van der Waals surface area contributed by atoms with Crippen molar-refractivity contribution in [2.24, 2.45) is 4.99 Å². The van der Waals surface area contributed by atoms with Crippen LogP contribution in [0.1, 0.15) is 11.3 Å². The van der Waals surface area contributed by atoms with Gasteiger partial charge in [-0.2, -0.15) is 0 Å². The van der Waals surface area contributed by atoms with E-state index in [0.29, 0.717) is 30.5 Å². The van der Waals surface area contributed by atoms with Crippen LogP contribution in [0, 0.1) is 0 Å². The molecule has 9 heteroatoms. The summed E-state index contributed by atoms with van der Waals surface area (Å²) in [4.78, 5) is 17.8. The molecule has 0 bridgehead atoms. The summed E-state index contributed by atoms with van der Waals surface area (Å²) in [5.41, 5.74) is 1.11. The molecular formula is C21H31IN4O4. The number of furan rings is 1. The van der Waals surface area contributed by atoms with Gasteiger partial charge in [0.05, 0.1) is 20.5 Å². The maximum atomic E-state index is 11.9. The number of guanidine groups is 1. The van der Waals surface area contributed by atoms with E-state index >= 15 is 0 Å². The molecular weight excluding hydrogens is 499 g/mol. The second-order valence-corrected chi connectivity index (χ2v) is 6.58. The molecule has 2 rings (SSSR count). The predicted molar refractivity (Wildman–Crippen MR) is 128 cm³/mol. The van der Waals surface area contributed by atoms with Gasteiger partial charge in [0.25, 0.3) is 0 Å². The van der Waals surface area contributed by atoms with E-state index in [1.165, 1.54) is 4.90 Å². The van der Waals surface area contributed by atoms with E-state index < -0.39 is 0 Å². The second-order valence-electron chi connectivity index (χ2n) is 6.58. The molecule has 8 nitrogen and oxygen atoms in total. The molecule has 1 heterocycles. The number of amides is 1. The highest BCUT2D eigenvalue weighted by Gasteiger charge is 2.07. The molecule has 1 aromatic carbocycles. The third-order valence-electron chi connectivity index (χ3n) is 4.27. The Balaban J connectivity index is 0.00000450. The van der Waals surface area contributed by atoms with Crippen LogP contribution in [0.2, 0.25) is 0 Å². The maximum absolute atomic E-state index is 11.9. The molecule has 2 aromatic rings. The van der Waals surface area contributed by atoms with Gasteiger partial charge in [0.2, 0.25) is 5.91 Å². The average Bonchev–Trinajstić information content (AvgIpc) is 3.24. The zero-order chi connectivity index (χ0) is 21.1. The molecule has 0 aliphatic rings. The fraction of sp³-hybridized carbons (Fsp3) is 0.429. The Kier molecular flexibility index (Phi) is 11.7. The minimum Gasteiger partial charge on any atom is -0.493 e. The van der Waals surface area contributed by atoms with Crippen molar-refractivity contribution >= 4 is 35.8 Å². The first-order valence-corrected chi connectivity index (χ1v) is 9.49. The van der Waals surface area contributed by atoms with Gasteiger partial charge in [0, 0.05) is 33.6 Å². The summed E-state index contributed by atoms with van der Waals surface area (Å²) in [6.07, 6.45) is 3.15. The Bertz CT molecular complexity index is 794. The first-order valence-electron chi connectivity index (χ1n) is 9.49. The highest BCUT2D eigenvalue weighted by Crippen LogP contribution is 2.27. The van der Waals surface area contributed by atoms with Gasteiger partial charge in [-0.3, -0.25) is 4.79 Å². The van der Waals surface area contributed by atoms with Crippen molar-refractivity contribution < 1.29 is 18.7 Å². The lowest BCUT2D eigenvalue weighted by Crippen LogP contribution is -2.40. The number of aliphatic imine (C=N–C) groups is 1. The molecule has 1 amide bonds. The summed E-state index contributed by atoms with van der Waals surface area (Å²) >= 11 is 0. The lowest BCUT2D eigenvalue weighted by Gasteiger charge is -2.14. The van der Waals surface area contributed by atoms with Gasteiger partial charge in [-0.25, -0.2) is 4.99 Å². The molecule has 30 heavy (non-hydrogen) atoms. The number of halogens is 1.